The van der Waals surface area contributed by atoms with Gasteiger partial charge in [-0.25, -0.2) is 0 Å². The second kappa shape index (κ2) is 9.95. The number of rotatable bonds is 4. The number of nitrogens with zero attached hydrogens (tertiary/aromatic N) is 2. The highest BCUT2D eigenvalue weighted by molar-refractivity contribution is 5.85. The van der Waals surface area contributed by atoms with Crippen LogP contribution in [-0.2, 0) is 16.0 Å². The standard InChI is InChI=1S/C20H29N3O3.ClH/c1-15-12-17(6-7-21-15)20(25)23-10-8-22(9-11-23)19(24)14-16-4-3-5-18(13-16)26-2;/h3-5,13,15,17,21H,6-12,14H2,1-2H3;1H/t15-,17-;/m0./s1. The summed E-state index contributed by atoms with van der Waals surface area (Å²) in [5.41, 5.74) is 0.955. The minimum atomic E-state index is 0. The fraction of sp³-hybridized carbons (Fsp3) is 0.600. The monoisotopic (exact) mass is 395 g/mol. The highest BCUT2D eigenvalue weighted by atomic mass is 35.5. The van der Waals surface area contributed by atoms with Crippen LogP contribution in [-0.4, -0.2) is 67.5 Å². The summed E-state index contributed by atoms with van der Waals surface area (Å²) < 4.78 is 5.21. The van der Waals surface area contributed by atoms with Crippen molar-refractivity contribution in [2.24, 2.45) is 5.92 Å². The van der Waals surface area contributed by atoms with Crippen molar-refractivity contribution >= 4 is 24.2 Å². The van der Waals surface area contributed by atoms with Gasteiger partial charge >= 0.3 is 0 Å². The van der Waals surface area contributed by atoms with E-state index in [-0.39, 0.29) is 30.1 Å². The van der Waals surface area contributed by atoms with E-state index >= 15 is 0 Å². The maximum absolute atomic E-state index is 12.7. The molecule has 2 atom stereocenters. The van der Waals surface area contributed by atoms with Gasteiger partial charge in [0.15, 0.2) is 0 Å². The van der Waals surface area contributed by atoms with Crippen LogP contribution >= 0.6 is 12.4 Å². The summed E-state index contributed by atoms with van der Waals surface area (Å²) in [5, 5.41) is 3.39. The van der Waals surface area contributed by atoms with Gasteiger partial charge in [-0.05, 0) is 44.0 Å². The van der Waals surface area contributed by atoms with Crippen molar-refractivity contribution < 1.29 is 14.3 Å². The third-order valence-electron chi connectivity index (χ3n) is 5.41. The Labute approximate surface area is 167 Å². The van der Waals surface area contributed by atoms with Crippen LogP contribution < -0.4 is 10.1 Å². The van der Waals surface area contributed by atoms with Gasteiger partial charge in [0, 0.05) is 38.1 Å². The van der Waals surface area contributed by atoms with Gasteiger partial charge in [-0.2, -0.15) is 0 Å². The minimum Gasteiger partial charge on any atom is -0.497 e. The van der Waals surface area contributed by atoms with E-state index in [1.807, 2.05) is 34.1 Å². The summed E-state index contributed by atoms with van der Waals surface area (Å²) in [4.78, 5) is 29.1. The Balaban J connectivity index is 0.00000261. The third-order valence-corrected chi connectivity index (χ3v) is 5.41. The topological polar surface area (TPSA) is 61.9 Å². The molecule has 150 valence electrons. The molecule has 2 saturated heterocycles. The van der Waals surface area contributed by atoms with E-state index in [4.69, 9.17) is 4.74 Å². The van der Waals surface area contributed by atoms with Gasteiger partial charge in [0.2, 0.25) is 11.8 Å². The highest BCUT2D eigenvalue weighted by Gasteiger charge is 2.31. The quantitative estimate of drug-likeness (QED) is 0.843. The van der Waals surface area contributed by atoms with Crippen molar-refractivity contribution in [1.82, 2.24) is 15.1 Å². The molecule has 3 rings (SSSR count). The second-order valence-corrected chi connectivity index (χ2v) is 7.31. The first-order valence-corrected chi connectivity index (χ1v) is 9.49. The molecule has 0 bridgehead atoms. The van der Waals surface area contributed by atoms with Gasteiger partial charge < -0.3 is 19.9 Å². The molecular formula is C20H30ClN3O3. The van der Waals surface area contributed by atoms with Gasteiger partial charge in [-0.15, -0.1) is 12.4 Å². The van der Waals surface area contributed by atoms with Gasteiger partial charge in [0.05, 0.1) is 13.5 Å². The molecule has 2 aliphatic rings. The van der Waals surface area contributed by atoms with Gasteiger partial charge in [0.1, 0.15) is 5.75 Å². The zero-order chi connectivity index (χ0) is 18.5. The molecule has 27 heavy (non-hydrogen) atoms. The lowest BCUT2D eigenvalue weighted by atomic mass is 9.92. The SMILES string of the molecule is COc1cccc(CC(=O)N2CCN(C(=O)[C@H]3CCN[C@@H](C)C3)CC2)c1.Cl. The number of piperidine rings is 1. The second-order valence-electron chi connectivity index (χ2n) is 7.31. The summed E-state index contributed by atoms with van der Waals surface area (Å²) in [5.74, 6) is 1.27. The molecule has 0 unspecified atom stereocenters. The maximum Gasteiger partial charge on any atom is 0.227 e. The Morgan fingerprint density at radius 2 is 1.89 bits per heavy atom. The lowest BCUT2D eigenvalue weighted by molar-refractivity contribution is -0.142. The third kappa shape index (κ3) is 5.59. The summed E-state index contributed by atoms with van der Waals surface area (Å²) in [6.07, 6.45) is 2.20. The number of halogens is 1. The van der Waals surface area contributed by atoms with Gasteiger partial charge in [-0.1, -0.05) is 12.1 Å². The van der Waals surface area contributed by atoms with E-state index in [2.05, 4.69) is 12.2 Å². The molecule has 7 heteroatoms. The van der Waals surface area contributed by atoms with Crippen molar-refractivity contribution in [3.8, 4) is 5.75 Å². The summed E-state index contributed by atoms with van der Waals surface area (Å²) in [6, 6.07) is 8.02. The molecule has 0 saturated carbocycles. The molecule has 0 spiro atoms. The molecule has 2 heterocycles. The van der Waals surface area contributed by atoms with Crippen LogP contribution in [0.5, 0.6) is 5.75 Å². The number of carbonyl (C=O) groups is 2. The Bertz CT molecular complexity index is 647. The number of carbonyl (C=O) groups excluding carboxylic acids is 2. The first kappa shape index (κ1) is 21.5. The number of benzene rings is 1. The number of piperazine rings is 1. The van der Waals surface area contributed by atoms with Crippen LogP contribution in [0.3, 0.4) is 0 Å². The molecule has 2 amide bonds. The van der Waals surface area contributed by atoms with Gasteiger partial charge in [-0.3, -0.25) is 9.59 Å². The molecule has 1 aromatic carbocycles. The average molecular weight is 396 g/mol. The van der Waals surface area contributed by atoms with Crippen molar-refractivity contribution in [3.05, 3.63) is 29.8 Å². The van der Waals surface area contributed by atoms with Crippen LogP contribution in [0.2, 0.25) is 0 Å². The summed E-state index contributed by atoms with van der Waals surface area (Å²) in [7, 11) is 1.63. The van der Waals surface area contributed by atoms with E-state index in [1.54, 1.807) is 7.11 Å². The predicted octanol–water partition coefficient (Wildman–Crippen LogP) is 1.72. The maximum atomic E-state index is 12.7. The number of hydrogen-bond donors (Lipinski definition) is 1. The largest absolute Gasteiger partial charge is 0.497 e. The van der Waals surface area contributed by atoms with Crippen molar-refractivity contribution in [1.29, 1.82) is 0 Å². The van der Waals surface area contributed by atoms with Crippen LogP contribution in [0.25, 0.3) is 0 Å². The Morgan fingerprint density at radius 1 is 1.19 bits per heavy atom. The molecule has 0 radical (unpaired) electrons. The summed E-state index contributed by atoms with van der Waals surface area (Å²) in [6.45, 7) is 5.57. The first-order chi connectivity index (χ1) is 12.6. The Morgan fingerprint density at radius 3 is 2.56 bits per heavy atom. The Kier molecular flexibility index (Phi) is 7.92. The molecule has 2 aliphatic heterocycles. The first-order valence-electron chi connectivity index (χ1n) is 9.49. The van der Waals surface area contributed by atoms with E-state index in [0.717, 1.165) is 30.7 Å². The molecule has 6 nitrogen and oxygen atoms in total. The smallest absolute Gasteiger partial charge is 0.227 e. The number of amides is 2. The number of hydrogen-bond acceptors (Lipinski definition) is 4. The number of nitrogens with one attached hydrogen (secondary N) is 1. The zero-order valence-electron chi connectivity index (χ0n) is 16.1. The molecule has 0 aliphatic carbocycles. The van der Waals surface area contributed by atoms with Crippen molar-refractivity contribution in [3.63, 3.8) is 0 Å². The molecule has 2 fully saturated rings. The fourth-order valence-electron chi connectivity index (χ4n) is 3.86. The molecular weight excluding hydrogens is 366 g/mol. The van der Waals surface area contributed by atoms with Crippen LogP contribution in [0.4, 0.5) is 0 Å². The minimum absolute atomic E-state index is 0. The molecule has 1 aromatic rings. The highest BCUT2D eigenvalue weighted by Crippen LogP contribution is 2.20. The van der Waals surface area contributed by atoms with Crippen LogP contribution in [0.15, 0.2) is 24.3 Å². The number of ether oxygens (including phenoxy) is 1. The summed E-state index contributed by atoms with van der Waals surface area (Å²) >= 11 is 0. The lowest BCUT2D eigenvalue weighted by Crippen LogP contribution is -2.53. The average Bonchev–Trinajstić information content (AvgIpc) is 2.67. The van der Waals surface area contributed by atoms with Crippen molar-refractivity contribution in [2.45, 2.75) is 32.2 Å². The lowest BCUT2D eigenvalue weighted by Gasteiger charge is -2.38. The van der Waals surface area contributed by atoms with Gasteiger partial charge in [0.25, 0.3) is 0 Å². The predicted molar refractivity (Wildman–Crippen MR) is 107 cm³/mol. The number of methoxy groups -OCH3 is 1. The van der Waals surface area contributed by atoms with E-state index < -0.39 is 0 Å². The van der Waals surface area contributed by atoms with Crippen LogP contribution in [0.1, 0.15) is 25.3 Å². The van der Waals surface area contributed by atoms with E-state index in [1.165, 1.54) is 0 Å². The normalized spacial score (nSPS) is 22.7. The molecule has 0 aromatic heterocycles. The molecule has 1 N–H and O–H groups in total. The van der Waals surface area contributed by atoms with E-state index in [0.29, 0.717) is 38.6 Å². The van der Waals surface area contributed by atoms with Crippen LogP contribution in [0, 0.1) is 5.92 Å². The zero-order valence-corrected chi connectivity index (χ0v) is 17.0. The Hall–Kier alpha value is -1.79. The van der Waals surface area contributed by atoms with Crippen molar-refractivity contribution in [2.75, 3.05) is 39.8 Å². The fourth-order valence-corrected chi connectivity index (χ4v) is 3.86. The van der Waals surface area contributed by atoms with E-state index in [9.17, 15) is 9.59 Å².